The smallest absolute Gasteiger partial charge is 0.417 e. The molecule has 6 amide bonds. The summed E-state index contributed by atoms with van der Waals surface area (Å²) in [4.78, 5) is 79.3. The van der Waals surface area contributed by atoms with Crippen LogP contribution in [0, 0.1) is 17.1 Å². The number of piperidine rings is 1. The van der Waals surface area contributed by atoms with Crippen LogP contribution < -0.4 is 25.2 Å². The number of ether oxygens (including phenoxy) is 2. The maximum Gasteiger partial charge on any atom is 0.417 e. The van der Waals surface area contributed by atoms with Gasteiger partial charge in [-0.1, -0.05) is 6.07 Å². The molecule has 0 bridgehead atoms. The molecule has 1 unspecified atom stereocenters. The number of benzene rings is 3. The molecule has 14 nitrogen and oxygen atoms in total. The standard InChI is InChI=1S/C37H30F4N6O8S/c1-36(2)34(53)45(20-7-6-19(18-42)24(16-20)37(39,40)41)35(56)47(36)21-8-9-22(25(38)17-21)30(49)43-12-13-54-14-15-55-27-5-3-4-23-29(27)33(52)46(32(23)51)26-10-11-28(48)44-31(26)50/h3-9,16-17,26H,10-15H2,1-2H3,(H,43,49)(H,44,48,50). The number of halogens is 4. The van der Waals surface area contributed by atoms with Gasteiger partial charge in [-0.2, -0.15) is 18.4 Å². The largest absolute Gasteiger partial charge is 0.490 e. The van der Waals surface area contributed by atoms with Crippen LogP contribution >= 0.6 is 12.2 Å². The number of carbonyl (C=O) groups is 6. The van der Waals surface area contributed by atoms with E-state index in [1.165, 1.54) is 49.1 Å². The van der Waals surface area contributed by atoms with Crippen molar-refractivity contribution in [2.75, 3.05) is 36.2 Å². The molecule has 2 N–H and O–H groups in total. The minimum atomic E-state index is -4.89. The molecule has 1 atom stereocenters. The van der Waals surface area contributed by atoms with Crippen LogP contribution in [0.25, 0.3) is 0 Å². The van der Waals surface area contributed by atoms with Crippen molar-refractivity contribution >= 4 is 64.1 Å². The van der Waals surface area contributed by atoms with Gasteiger partial charge in [0, 0.05) is 18.7 Å². The van der Waals surface area contributed by atoms with Crippen molar-refractivity contribution in [3.8, 4) is 11.8 Å². The quantitative estimate of drug-likeness (QED) is 0.125. The zero-order valence-corrected chi connectivity index (χ0v) is 30.3. The first-order valence-corrected chi connectivity index (χ1v) is 17.3. The van der Waals surface area contributed by atoms with Gasteiger partial charge in [0.25, 0.3) is 23.6 Å². The number of anilines is 2. The van der Waals surface area contributed by atoms with Gasteiger partial charge >= 0.3 is 6.18 Å². The van der Waals surface area contributed by atoms with E-state index in [-0.39, 0.29) is 78.1 Å². The molecule has 3 aromatic rings. The second-order valence-electron chi connectivity index (χ2n) is 13.2. The minimum Gasteiger partial charge on any atom is -0.490 e. The van der Waals surface area contributed by atoms with Crippen molar-refractivity contribution in [1.29, 1.82) is 5.26 Å². The highest BCUT2D eigenvalue weighted by Gasteiger charge is 2.51. The first kappa shape index (κ1) is 39.4. The number of carbonyl (C=O) groups excluding carboxylic acids is 6. The second kappa shape index (κ2) is 15.1. The van der Waals surface area contributed by atoms with Gasteiger partial charge in [0.2, 0.25) is 11.8 Å². The van der Waals surface area contributed by atoms with Crippen molar-refractivity contribution in [2.45, 2.75) is 44.4 Å². The predicted molar refractivity (Wildman–Crippen MR) is 191 cm³/mol. The third kappa shape index (κ3) is 7.15. The number of fused-ring (bicyclic) bond motifs is 1. The molecule has 0 saturated carbocycles. The summed E-state index contributed by atoms with van der Waals surface area (Å²) in [6, 6.07) is 11.0. The Bertz CT molecular complexity index is 2260. The Hall–Kier alpha value is -6.26. The Morgan fingerprint density at radius 1 is 1.02 bits per heavy atom. The molecule has 56 heavy (non-hydrogen) atoms. The monoisotopic (exact) mass is 794 g/mol. The highest BCUT2D eigenvalue weighted by atomic mass is 32.1. The molecule has 0 aliphatic carbocycles. The highest BCUT2D eigenvalue weighted by Crippen LogP contribution is 2.40. The maximum atomic E-state index is 15.4. The van der Waals surface area contributed by atoms with Crippen LogP contribution in [-0.4, -0.2) is 83.4 Å². The van der Waals surface area contributed by atoms with Gasteiger partial charge in [0.05, 0.1) is 52.8 Å². The normalized spacial score (nSPS) is 17.9. The number of thiocarbonyl (C=S) groups is 1. The average molecular weight is 795 g/mol. The number of amides is 6. The lowest BCUT2D eigenvalue weighted by atomic mass is 10.0. The lowest BCUT2D eigenvalue weighted by Crippen LogP contribution is -2.54. The van der Waals surface area contributed by atoms with Gasteiger partial charge in [-0.25, -0.2) is 4.39 Å². The van der Waals surface area contributed by atoms with E-state index < -0.39 is 70.1 Å². The molecule has 0 aromatic heterocycles. The summed E-state index contributed by atoms with van der Waals surface area (Å²) >= 11 is 5.48. The van der Waals surface area contributed by atoms with Crippen LogP contribution in [0.3, 0.4) is 0 Å². The van der Waals surface area contributed by atoms with Crippen molar-refractivity contribution in [3.05, 3.63) is 88.2 Å². The molecule has 0 radical (unpaired) electrons. The first-order chi connectivity index (χ1) is 26.5. The van der Waals surface area contributed by atoms with E-state index in [4.69, 9.17) is 27.0 Å². The molecule has 3 aliphatic rings. The molecule has 3 aromatic carbocycles. The lowest BCUT2D eigenvalue weighted by Gasteiger charge is -2.29. The van der Waals surface area contributed by atoms with Gasteiger partial charge in [0.1, 0.15) is 29.8 Å². The summed E-state index contributed by atoms with van der Waals surface area (Å²) < 4.78 is 67.5. The number of rotatable bonds is 11. The van der Waals surface area contributed by atoms with Crippen molar-refractivity contribution in [2.24, 2.45) is 0 Å². The molecule has 2 fully saturated rings. The van der Waals surface area contributed by atoms with E-state index in [1.807, 2.05) is 0 Å². The number of hydrogen-bond acceptors (Lipinski definition) is 10. The third-order valence-electron chi connectivity index (χ3n) is 9.26. The molecule has 3 heterocycles. The molecule has 2 saturated heterocycles. The van der Waals surface area contributed by atoms with E-state index in [0.717, 1.165) is 34.1 Å². The SMILES string of the molecule is CC1(C)C(=O)N(c2ccc(C#N)c(C(F)(F)F)c2)C(=S)N1c1ccc(C(=O)NCCOCCOc2cccc3c2C(=O)N(C2CCC(=O)NC2=O)C3=O)c(F)c1. The Labute approximate surface area is 320 Å². The number of nitrogens with zero attached hydrogens (tertiary/aromatic N) is 4. The summed E-state index contributed by atoms with van der Waals surface area (Å²) in [6.07, 6.45) is -4.91. The van der Waals surface area contributed by atoms with Crippen molar-refractivity contribution in [1.82, 2.24) is 15.5 Å². The number of nitrogens with one attached hydrogen (secondary N) is 2. The van der Waals surface area contributed by atoms with Crippen LogP contribution in [0.2, 0.25) is 0 Å². The topological polar surface area (TPSA) is 178 Å². The molecule has 0 spiro atoms. The number of alkyl halides is 3. The fourth-order valence-electron chi connectivity index (χ4n) is 6.54. The Morgan fingerprint density at radius 3 is 2.43 bits per heavy atom. The highest BCUT2D eigenvalue weighted by molar-refractivity contribution is 7.81. The van der Waals surface area contributed by atoms with Crippen LogP contribution in [0.4, 0.5) is 28.9 Å². The van der Waals surface area contributed by atoms with Crippen LogP contribution in [0.15, 0.2) is 54.6 Å². The van der Waals surface area contributed by atoms with Crippen LogP contribution in [0.1, 0.15) is 68.9 Å². The van der Waals surface area contributed by atoms with E-state index >= 15 is 4.39 Å². The lowest BCUT2D eigenvalue weighted by molar-refractivity contribution is -0.138. The minimum absolute atomic E-state index is 0.00315. The molecule has 290 valence electrons. The molecular formula is C37H30F4N6O8S. The Balaban J connectivity index is 1.02. The van der Waals surface area contributed by atoms with E-state index in [2.05, 4.69) is 10.6 Å². The fourth-order valence-corrected chi connectivity index (χ4v) is 7.06. The number of nitriles is 1. The number of hydrogen-bond donors (Lipinski definition) is 2. The van der Waals surface area contributed by atoms with Crippen LogP contribution in [-0.2, 0) is 25.3 Å². The summed E-state index contributed by atoms with van der Waals surface area (Å²) in [7, 11) is 0. The fraction of sp³-hybridized carbons (Fsp3) is 0.297. The van der Waals surface area contributed by atoms with Gasteiger partial charge < -0.3 is 19.7 Å². The summed E-state index contributed by atoms with van der Waals surface area (Å²) in [6.45, 7) is 2.74. The van der Waals surface area contributed by atoms with Crippen molar-refractivity contribution in [3.63, 3.8) is 0 Å². The average Bonchev–Trinajstić information content (AvgIpc) is 3.50. The summed E-state index contributed by atoms with van der Waals surface area (Å²) in [5, 5.41) is 13.5. The third-order valence-corrected chi connectivity index (χ3v) is 9.62. The zero-order chi connectivity index (χ0) is 40.7. The molecular weight excluding hydrogens is 764 g/mol. The zero-order valence-electron chi connectivity index (χ0n) is 29.5. The first-order valence-electron chi connectivity index (χ1n) is 16.9. The predicted octanol–water partition coefficient (Wildman–Crippen LogP) is 3.86. The maximum absolute atomic E-state index is 15.4. The van der Waals surface area contributed by atoms with Gasteiger partial charge in [0.15, 0.2) is 5.11 Å². The van der Waals surface area contributed by atoms with Gasteiger partial charge in [-0.15, -0.1) is 0 Å². The van der Waals surface area contributed by atoms with E-state index in [9.17, 15) is 41.9 Å². The Morgan fingerprint density at radius 2 is 1.75 bits per heavy atom. The Kier molecular flexibility index (Phi) is 10.6. The number of imide groups is 2. The van der Waals surface area contributed by atoms with Gasteiger partial charge in [-0.3, -0.25) is 43.9 Å². The molecule has 6 rings (SSSR count). The van der Waals surface area contributed by atoms with Crippen molar-refractivity contribution < 1.29 is 55.8 Å². The van der Waals surface area contributed by atoms with E-state index in [0.29, 0.717) is 6.07 Å². The van der Waals surface area contributed by atoms with Gasteiger partial charge in [-0.05, 0) is 81.0 Å². The molecule has 3 aliphatic heterocycles. The second-order valence-corrected chi connectivity index (χ2v) is 13.5. The molecule has 19 heteroatoms. The van der Waals surface area contributed by atoms with Crippen LogP contribution in [0.5, 0.6) is 5.75 Å². The van der Waals surface area contributed by atoms with E-state index in [1.54, 1.807) is 0 Å². The summed E-state index contributed by atoms with van der Waals surface area (Å²) in [5.74, 6) is -5.03. The summed E-state index contributed by atoms with van der Waals surface area (Å²) in [5.41, 5.74) is -3.88.